The lowest BCUT2D eigenvalue weighted by atomic mass is 10.1. The molecule has 1 aromatic carbocycles. The number of amides is 2. The highest BCUT2D eigenvalue weighted by molar-refractivity contribution is 5.72. The molecule has 2 unspecified atom stereocenters. The fourth-order valence-corrected chi connectivity index (χ4v) is 2.11. The van der Waals surface area contributed by atoms with Crippen LogP contribution < -0.4 is 10.5 Å². The predicted octanol–water partition coefficient (Wildman–Crippen LogP) is 0.274. The number of hydroxylamine groups is 2. The van der Waals surface area contributed by atoms with Crippen LogP contribution in [0.25, 0.3) is 0 Å². The third-order valence-electron chi connectivity index (χ3n) is 3.07. The molecule has 0 spiro atoms. The van der Waals surface area contributed by atoms with Crippen molar-refractivity contribution in [3.8, 4) is 0 Å². The van der Waals surface area contributed by atoms with E-state index in [-0.39, 0.29) is 18.9 Å². The molecule has 2 amide bonds. The Labute approximate surface area is 104 Å². The fraction of sp³-hybridized carbons (Fsp3) is 0.333. The van der Waals surface area contributed by atoms with E-state index in [9.17, 15) is 14.7 Å². The second-order valence-electron chi connectivity index (χ2n) is 4.12. The predicted molar refractivity (Wildman–Crippen MR) is 59.2 cm³/mol. The molecule has 0 bridgehead atoms. The Morgan fingerprint density at radius 1 is 1.44 bits per heavy atom. The SMILES string of the molecule is CC(c1ccccc1)[N+]1(NC(=O)[O-])OCCC1=O. The molecule has 1 heterocycles. The molecule has 0 radical (unpaired) electrons. The van der Waals surface area contributed by atoms with Crippen molar-refractivity contribution in [1.82, 2.24) is 5.43 Å². The summed E-state index contributed by atoms with van der Waals surface area (Å²) in [6, 6.07) is 8.65. The highest BCUT2D eigenvalue weighted by Crippen LogP contribution is 2.31. The Morgan fingerprint density at radius 3 is 2.61 bits per heavy atom. The molecule has 96 valence electrons. The van der Waals surface area contributed by atoms with Crippen molar-refractivity contribution in [2.24, 2.45) is 0 Å². The summed E-state index contributed by atoms with van der Waals surface area (Å²) in [6.07, 6.45) is -1.36. The summed E-state index contributed by atoms with van der Waals surface area (Å²) in [4.78, 5) is 28.0. The monoisotopic (exact) mass is 250 g/mol. The molecule has 1 fully saturated rings. The van der Waals surface area contributed by atoms with Gasteiger partial charge in [-0.1, -0.05) is 30.3 Å². The molecule has 1 aliphatic rings. The van der Waals surface area contributed by atoms with Crippen LogP contribution in [0, 0.1) is 0 Å². The molecule has 2 atom stereocenters. The molecule has 2 rings (SSSR count). The van der Waals surface area contributed by atoms with Crippen LogP contribution in [-0.4, -0.2) is 23.4 Å². The maximum atomic E-state index is 11.9. The Kier molecular flexibility index (Phi) is 3.31. The van der Waals surface area contributed by atoms with Crippen LogP contribution in [0.1, 0.15) is 24.9 Å². The highest BCUT2D eigenvalue weighted by Gasteiger charge is 2.50. The van der Waals surface area contributed by atoms with Gasteiger partial charge in [-0.2, -0.15) is 10.3 Å². The van der Waals surface area contributed by atoms with Gasteiger partial charge in [-0.25, -0.2) is 4.79 Å². The zero-order chi connectivity index (χ0) is 13.2. The van der Waals surface area contributed by atoms with E-state index in [4.69, 9.17) is 4.84 Å². The number of rotatable bonds is 3. The summed E-state index contributed by atoms with van der Waals surface area (Å²) in [7, 11) is 0. The van der Waals surface area contributed by atoms with Gasteiger partial charge in [-0.3, -0.25) is 0 Å². The Morgan fingerprint density at radius 2 is 2.11 bits per heavy atom. The first-order chi connectivity index (χ1) is 8.56. The molecule has 1 saturated heterocycles. The zero-order valence-corrected chi connectivity index (χ0v) is 9.96. The van der Waals surface area contributed by atoms with Gasteiger partial charge in [0, 0.05) is 5.56 Å². The van der Waals surface area contributed by atoms with E-state index in [0.717, 1.165) is 5.56 Å². The Hall–Kier alpha value is -1.92. The lowest BCUT2D eigenvalue weighted by molar-refractivity contribution is -1.08. The number of nitrogens with one attached hydrogen (secondary N) is 1. The van der Waals surface area contributed by atoms with Gasteiger partial charge in [-0.05, 0) is 11.7 Å². The van der Waals surface area contributed by atoms with E-state index in [1.54, 1.807) is 6.92 Å². The van der Waals surface area contributed by atoms with E-state index in [0.29, 0.717) is 0 Å². The third kappa shape index (κ3) is 2.07. The molecule has 6 heteroatoms. The lowest BCUT2D eigenvalue weighted by Gasteiger charge is -2.33. The van der Waals surface area contributed by atoms with Gasteiger partial charge < -0.3 is 9.90 Å². The summed E-state index contributed by atoms with van der Waals surface area (Å²) >= 11 is 0. The zero-order valence-electron chi connectivity index (χ0n) is 9.96. The van der Waals surface area contributed by atoms with Crippen LogP contribution in [0.5, 0.6) is 0 Å². The van der Waals surface area contributed by atoms with E-state index in [2.05, 4.69) is 5.43 Å². The quantitative estimate of drug-likeness (QED) is 0.781. The standard InChI is InChI=1S/C12H14N2O4/c1-9(10-5-3-2-4-6-10)14(13-12(16)17)11(15)7-8-18-14/h2-6,9,13H,7-8H2,1H3. The van der Waals surface area contributed by atoms with Crippen molar-refractivity contribution < 1.29 is 24.3 Å². The third-order valence-corrected chi connectivity index (χ3v) is 3.07. The molecule has 0 aromatic heterocycles. The van der Waals surface area contributed by atoms with Gasteiger partial charge in [0.1, 0.15) is 6.61 Å². The van der Waals surface area contributed by atoms with Crippen LogP contribution in [-0.2, 0) is 9.63 Å². The number of nitrogens with zero attached hydrogens (tertiary/aromatic N) is 1. The van der Waals surface area contributed by atoms with Gasteiger partial charge >= 0.3 is 5.91 Å². The van der Waals surface area contributed by atoms with Gasteiger partial charge in [-0.15, -0.1) is 0 Å². The first-order valence-electron chi connectivity index (χ1n) is 5.67. The Bertz CT molecular complexity index is 462. The van der Waals surface area contributed by atoms with Crippen molar-refractivity contribution >= 4 is 12.0 Å². The molecule has 0 aliphatic carbocycles. The first kappa shape index (κ1) is 12.5. The summed E-state index contributed by atoms with van der Waals surface area (Å²) in [5, 5.41) is 10.8. The fourth-order valence-electron chi connectivity index (χ4n) is 2.11. The molecular weight excluding hydrogens is 236 g/mol. The summed E-state index contributed by atoms with van der Waals surface area (Å²) < 4.78 is -0.758. The minimum absolute atomic E-state index is 0.178. The molecule has 0 saturated carbocycles. The average molecular weight is 250 g/mol. The van der Waals surface area contributed by atoms with Crippen molar-refractivity contribution in [2.45, 2.75) is 19.4 Å². The van der Waals surface area contributed by atoms with E-state index in [1.165, 1.54) is 0 Å². The van der Waals surface area contributed by atoms with Crippen molar-refractivity contribution in [1.29, 1.82) is 0 Å². The summed E-state index contributed by atoms with van der Waals surface area (Å²) in [5.41, 5.74) is 2.88. The van der Waals surface area contributed by atoms with Crippen LogP contribution in [0.15, 0.2) is 30.3 Å². The minimum Gasteiger partial charge on any atom is -0.526 e. The average Bonchev–Trinajstić information content (AvgIpc) is 2.71. The summed E-state index contributed by atoms with van der Waals surface area (Å²) in [6.45, 7) is 1.92. The van der Waals surface area contributed by atoms with Crippen molar-refractivity contribution in [3.63, 3.8) is 0 Å². The van der Waals surface area contributed by atoms with E-state index >= 15 is 0 Å². The highest BCUT2D eigenvalue weighted by atomic mass is 16.8. The largest absolute Gasteiger partial charge is 0.526 e. The molecule has 6 nitrogen and oxygen atoms in total. The molecule has 18 heavy (non-hydrogen) atoms. The number of hydrogen-bond acceptors (Lipinski definition) is 4. The molecular formula is C12H14N2O4. The second-order valence-corrected chi connectivity index (χ2v) is 4.12. The Balaban J connectivity index is 2.35. The van der Waals surface area contributed by atoms with Crippen LogP contribution in [0.4, 0.5) is 4.79 Å². The van der Waals surface area contributed by atoms with Crippen LogP contribution >= 0.6 is 0 Å². The van der Waals surface area contributed by atoms with Gasteiger partial charge in [0.05, 0.1) is 6.42 Å². The van der Waals surface area contributed by atoms with Gasteiger partial charge in [0.2, 0.25) is 0 Å². The van der Waals surface area contributed by atoms with E-state index < -0.39 is 16.9 Å². The number of benzene rings is 1. The number of carbonyl (C=O) groups is 2. The normalized spacial score (nSPS) is 24.8. The maximum Gasteiger partial charge on any atom is 0.373 e. The number of carbonyl (C=O) groups excluding carboxylic acids is 2. The minimum atomic E-state index is -1.53. The number of hydrogen-bond donors (Lipinski definition) is 1. The smallest absolute Gasteiger partial charge is 0.373 e. The van der Waals surface area contributed by atoms with Gasteiger partial charge in [0.15, 0.2) is 12.1 Å². The molecule has 1 aliphatic heterocycles. The summed E-state index contributed by atoms with van der Waals surface area (Å²) in [5.74, 6) is -0.324. The number of quaternary nitrogens is 1. The molecule has 1 N–H and O–H groups in total. The van der Waals surface area contributed by atoms with Gasteiger partial charge in [0.25, 0.3) is 0 Å². The van der Waals surface area contributed by atoms with Crippen molar-refractivity contribution in [2.75, 3.05) is 6.61 Å². The number of carboxylic acid groups (broad SMARTS) is 1. The van der Waals surface area contributed by atoms with Crippen molar-refractivity contribution in [3.05, 3.63) is 35.9 Å². The van der Waals surface area contributed by atoms with Crippen LogP contribution in [0.2, 0.25) is 0 Å². The topological polar surface area (TPSA) is 78.5 Å². The first-order valence-corrected chi connectivity index (χ1v) is 5.67. The maximum absolute atomic E-state index is 11.9. The van der Waals surface area contributed by atoms with Crippen LogP contribution in [0.3, 0.4) is 0 Å². The lowest BCUT2D eigenvalue weighted by Crippen LogP contribution is -2.63. The second kappa shape index (κ2) is 4.75. The van der Waals surface area contributed by atoms with E-state index in [1.807, 2.05) is 30.3 Å². The molecule has 1 aromatic rings.